The van der Waals surface area contributed by atoms with Crippen LogP contribution in [0, 0.1) is 0 Å². The van der Waals surface area contributed by atoms with Crippen LogP contribution in [0.1, 0.15) is 34.6 Å². The van der Waals surface area contributed by atoms with Crippen LogP contribution in [-0.4, -0.2) is 22.9 Å². The van der Waals surface area contributed by atoms with Gasteiger partial charge < -0.3 is 10.6 Å². The van der Waals surface area contributed by atoms with Crippen molar-refractivity contribution in [1.29, 1.82) is 0 Å². The average Bonchev–Trinajstić information content (AvgIpc) is 1.98. The van der Waals surface area contributed by atoms with Crippen molar-refractivity contribution in [3.8, 4) is 0 Å². The molecule has 0 aliphatic heterocycles. The fraction of sp³-hybridized carbons (Fsp3) is 0.889. The second-order valence-corrected chi connectivity index (χ2v) is 6.74. The van der Waals surface area contributed by atoms with E-state index < -0.39 is 0 Å². The van der Waals surface area contributed by atoms with Gasteiger partial charge in [0.1, 0.15) is 0 Å². The summed E-state index contributed by atoms with van der Waals surface area (Å²) in [4.78, 5) is 11.4. The molecular weight excluding hydrogens is 216 g/mol. The molecule has 14 heavy (non-hydrogen) atoms. The summed E-state index contributed by atoms with van der Waals surface area (Å²) in [5.74, 6) is 0. The molecule has 0 heterocycles. The summed E-state index contributed by atoms with van der Waals surface area (Å²) < 4.78 is -0.0433. The molecule has 0 bridgehead atoms. The number of nitrogens with one attached hydrogen (secondary N) is 2. The SMILES string of the molecule is CC(C)(C)NC(=O)NCC(C)(C)SS. The molecule has 0 saturated carbocycles. The van der Waals surface area contributed by atoms with Crippen molar-refractivity contribution in [3.05, 3.63) is 0 Å². The van der Waals surface area contributed by atoms with Crippen LogP contribution in [0.2, 0.25) is 0 Å². The van der Waals surface area contributed by atoms with Gasteiger partial charge in [-0.2, -0.15) is 0 Å². The van der Waals surface area contributed by atoms with E-state index in [9.17, 15) is 4.79 Å². The van der Waals surface area contributed by atoms with Crippen LogP contribution in [0.3, 0.4) is 0 Å². The summed E-state index contributed by atoms with van der Waals surface area (Å²) in [5.41, 5.74) is -0.192. The Hall–Kier alpha value is -0.0300. The first-order valence-electron chi connectivity index (χ1n) is 4.55. The highest BCUT2D eigenvalue weighted by Gasteiger charge is 2.19. The lowest BCUT2D eigenvalue weighted by molar-refractivity contribution is 0.231. The number of hydrogen-bond acceptors (Lipinski definition) is 3. The van der Waals surface area contributed by atoms with E-state index in [4.69, 9.17) is 0 Å². The van der Waals surface area contributed by atoms with Crippen molar-refractivity contribution in [1.82, 2.24) is 10.6 Å². The van der Waals surface area contributed by atoms with E-state index in [1.54, 1.807) is 0 Å². The van der Waals surface area contributed by atoms with Crippen molar-refractivity contribution in [2.75, 3.05) is 6.54 Å². The van der Waals surface area contributed by atoms with Gasteiger partial charge in [-0.15, -0.1) is 11.7 Å². The van der Waals surface area contributed by atoms with Crippen LogP contribution in [0.25, 0.3) is 0 Å². The fourth-order valence-electron chi connectivity index (χ4n) is 0.710. The number of hydrogen-bond donors (Lipinski definition) is 3. The zero-order valence-electron chi connectivity index (χ0n) is 9.47. The molecule has 2 N–H and O–H groups in total. The van der Waals surface area contributed by atoms with Gasteiger partial charge in [0.15, 0.2) is 0 Å². The van der Waals surface area contributed by atoms with Gasteiger partial charge in [-0.25, -0.2) is 4.79 Å². The first kappa shape index (κ1) is 14.0. The van der Waals surface area contributed by atoms with Crippen LogP contribution in [0.5, 0.6) is 0 Å². The smallest absolute Gasteiger partial charge is 0.315 e. The summed E-state index contributed by atoms with van der Waals surface area (Å²) in [5, 5.41) is 5.64. The van der Waals surface area contributed by atoms with E-state index in [1.807, 2.05) is 34.6 Å². The molecule has 84 valence electrons. The Labute approximate surface area is 95.6 Å². The lowest BCUT2D eigenvalue weighted by Crippen LogP contribution is -2.49. The fourth-order valence-corrected chi connectivity index (χ4v) is 1.04. The van der Waals surface area contributed by atoms with E-state index in [-0.39, 0.29) is 16.3 Å². The molecule has 0 radical (unpaired) electrons. The number of urea groups is 1. The highest BCUT2D eigenvalue weighted by Crippen LogP contribution is 2.26. The van der Waals surface area contributed by atoms with Crippen molar-refractivity contribution >= 4 is 28.5 Å². The summed E-state index contributed by atoms with van der Waals surface area (Å²) in [6.07, 6.45) is 0. The van der Waals surface area contributed by atoms with Crippen LogP contribution in [0.15, 0.2) is 0 Å². The van der Waals surface area contributed by atoms with Gasteiger partial charge in [-0.3, -0.25) is 0 Å². The van der Waals surface area contributed by atoms with Gasteiger partial charge in [-0.05, 0) is 34.6 Å². The molecule has 0 fully saturated rings. The van der Waals surface area contributed by atoms with Crippen LogP contribution in [0.4, 0.5) is 4.79 Å². The van der Waals surface area contributed by atoms with Crippen LogP contribution < -0.4 is 10.6 Å². The number of rotatable bonds is 3. The predicted molar refractivity (Wildman–Crippen MR) is 66.9 cm³/mol. The Kier molecular flexibility index (Phi) is 5.15. The van der Waals surface area contributed by atoms with Gasteiger partial charge >= 0.3 is 6.03 Å². The Morgan fingerprint density at radius 2 is 1.79 bits per heavy atom. The molecule has 0 unspecified atom stereocenters. The molecule has 5 heteroatoms. The van der Waals surface area contributed by atoms with Crippen LogP contribution in [-0.2, 0) is 0 Å². The zero-order valence-corrected chi connectivity index (χ0v) is 11.2. The second-order valence-electron chi connectivity index (χ2n) is 4.91. The maximum atomic E-state index is 11.4. The van der Waals surface area contributed by atoms with Gasteiger partial charge in [0.25, 0.3) is 0 Å². The molecule has 2 amide bonds. The summed E-state index contributed by atoms with van der Waals surface area (Å²) in [7, 11) is 1.44. The first-order valence-corrected chi connectivity index (χ1v) is 6.42. The molecule has 0 aliphatic carbocycles. The monoisotopic (exact) mass is 236 g/mol. The molecule has 0 spiro atoms. The van der Waals surface area contributed by atoms with Gasteiger partial charge in [-0.1, -0.05) is 10.8 Å². The highest BCUT2D eigenvalue weighted by molar-refractivity contribution is 8.69. The molecule has 0 aromatic heterocycles. The second kappa shape index (κ2) is 5.16. The first-order chi connectivity index (χ1) is 6.16. The normalized spacial score (nSPS) is 12.4. The maximum absolute atomic E-state index is 11.4. The topological polar surface area (TPSA) is 41.1 Å². The minimum Gasteiger partial charge on any atom is -0.337 e. The number of carbonyl (C=O) groups excluding carboxylic acids is 1. The standard InChI is InChI=1S/C9H20N2OS2/c1-8(2,3)11-7(12)10-6-9(4,5)14-13/h13H,6H2,1-5H3,(H2,10,11,12). The Morgan fingerprint density at radius 1 is 1.29 bits per heavy atom. The molecule has 0 aliphatic rings. The number of carbonyl (C=O) groups is 1. The van der Waals surface area contributed by atoms with E-state index in [2.05, 4.69) is 22.3 Å². The van der Waals surface area contributed by atoms with E-state index in [0.717, 1.165) is 0 Å². The number of amides is 2. The molecule has 0 aromatic carbocycles. The average molecular weight is 236 g/mol. The quantitative estimate of drug-likeness (QED) is 0.520. The Bertz CT molecular complexity index is 199. The Morgan fingerprint density at radius 3 is 2.14 bits per heavy atom. The van der Waals surface area contributed by atoms with E-state index in [1.165, 1.54) is 10.8 Å². The van der Waals surface area contributed by atoms with Crippen molar-refractivity contribution in [2.24, 2.45) is 0 Å². The minimum absolute atomic E-state index is 0.0433. The largest absolute Gasteiger partial charge is 0.337 e. The van der Waals surface area contributed by atoms with Gasteiger partial charge in [0, 0.05) is 16.8 Å². The predicted octanol–water partition coefficient (Wildman–Crippen LogP) is 2.44. The Balaban J connectivity index is 3.87. The zero-order chi connectivity index (χ0) is 11.4. The summed E-state index contributed by atoms with van der Waals surface area (Å²) in [6.45, 7) is 10.5. The lowest BCUT2D eigenvalue weighted by Gasteiger charge is -2.25. The van der Waals surface area contributed by atoms with Gasteiger partial charge in [0.2, 0.25) is 0 Å². The summed E-state index contributed by atoms with van der Waals surface area (Å²) >= 11 is 4.13. The van der Waals surface area contributed by atoms with Crippen molar-refractivity contribution in [2.45, 2.75) is 44.9 Å². The lowest BCUT2D eigenvalue weighted by atomic mass is 10.1. The van der Waals surface area contributed by atoms with E-state index in [0.29, 0.717) is 6.54 Å². The molecule has 0 rings (SSSR count). The van der Waals surface area contributed by atoms with E-state index >= 15 is 0 Å². The van der Waals surface area contributed by atoms with Crippen molar-refractivity contribution < 1.29 is 4.79 Å². The molecule has 0 atom stereocenters. The highest BCUT2D eigenvalue weighted by atomic mass is 33.1. The third-order valence-corrected chi connectivity index (χ3v) is 3.53. The molecule has 0 saturated heterocycles. The van der Waals surface area contributed by atoms with Gasteiger partial charge in [0.05, 0.1) is 0 Å². The third kappa shape index (κ3) is 7.38. The minimum atomic E-state index is -0.192. The summed E-state index contributed by atoms with van der Waals surface area (Å²) in [6, 6.07) is -0.132. The molecule has 3 nitrogen and oxygen atoms in total. The van der Waals surface area contributed by atoms with Crippen molar-refractivity contribution in [3.63, 3.8) is 0 Å². The number of thiol groups is 1. The third-order valence-electron chi connectivity index (χ3n) is 1.41. The van der Waals surface area contributed by atoms with Crippen LogP contribution >= 0.6 is 22.5 Å². The molecular formula is C9H20N2OS2. The molecule has 0 aromatic rings. The maximum Gasteiger partial charge on any atom is 0.315 e.